The fourth-order valence-corrected chi connectivity index (χ4v) is 2.24. The van der Waals surface area contributed by atoms with E-state index < -0.39 is 6.04 Å². The Bertz CT molecular complexity index is 484. The standard InChI is InChI=1S/C16H19NO3/c1-2-3-5-10-13-14(17-15(13)18)16(19)20-11-12-8-6-4-7-9-12/h2,4,6-9,13-14H,1,3,5,10-11H2,(H,17,18). The van der Waals surface area contributed by atoms with Crippen molar-refractivity contribution in [2.75, 3.05) is 0 Å². The molecule has 106 valence electrons. The van der Waals surface area contributed by atoms with Gasteiger partial charge in [0.25, 0.3) is 0 Å². The van der Waals surface area contributed by atoms with E-state index in [9.17, 15) is 9.59 Å². The van der Waals surface area contributed by atoms with Crippen molar-refractivity contribution in [3.8, 4) is 0 Å². The van der Waals surface area contributed by atoms with Crippen molar-refractivity contribution in [1.29, 1.82) is 0 Å². The molecule has 1 amide bonds. The van der Waals surface area contributed by atoms with Gasteiger partial charge in [0.05, 0.1) is 5.92 Å². The number of rotatable bonds is 7. The second kappa shape index (κ2) is 6.89. The van der Waals surface area contributed by atoms with Gasteiger partial charge in [-0.15, -0.1) is 6.58 Å². The molecule has 4 nitrogen and oxygen atoms in total. The van der Waals surface area contributed by atoms with Crippen LogP contribution in [0.5, 0.6) is 0 Å². The van der Waals surface area contributed by atoms with E-state index in [-0.39, 0.29) is 24.4 Å². The summed E-state index contributed by atoms with van der Waals surface area (Å²) in [4.78, 5) is 23.4. The number of hydrogen-bond acceptors (Lipinski definition) is 3. The van der Waals surface area contributed by atoms with Crippen LogP contribution in [0.15, 0.2) is 43.0 Å². The zero-order chi connectivity index (χ0) is 14.4. The molecule has 20 heavy (non-hydrogen) atoms. The first kappa shape index (κ1) is 14.3. The molecule has 0 radical (unpaired) electrons. The van der Waals surface area contributed by atoms with Crippen LogP contribution in [0.3, 0.4) is 0 Å². The third-order valence-electron chi connectivity index (χ3n) is 3.44. The van der Waals surface area contributed by atoms with E-state index in [1.807, 2.05) is 36.4 Å². The maximum Gasteiger partial charge on any atom is 0.329 e. The van der Waals surface area contributed by atoms with Gasteiger partial charge in [-0.3, -0.25) is 4.79 Å². The second-order valence-corrected chi connectivity index (χ2v) is 4.91. The van der Waals surface area contributed by atoms with E-state index in [1.54, 1.807) is 0 Å². The molecule has 0 bridgehead atoms. The van der Waals surface area contributed by atoms with Crippen molar-refractivity contribution >= 4 is 11.9 Å². The minimum Gasteiger partial charge on any atom is -0.459 e. The molecule has 2 rings (SSSR count). The molecule has 1 fully saturated rings. The fraction of sp³-hybridized carbons (Fsp3) is 0.375. The van der Waals surface area contributed by atoms with Crippen LogP contribution in [0.2, 0.25) is 0 Å². The van der Waals surface area contributed by atoms with Crippen LogP contribution in [0.1, 0.15) is 24.8 Å². The molecule has 0 spiro atoms. The summed E-state index contributed by atoms with van der Waals surface area (Å²) < 4.78 is 5.24. The molecule has 0 saturated carbocycles. The molecule has 1 N–H and O–H groups in total. The molecule has 2 atom stereocenters. The van der Waals surface area contributed by atoms with E-state index in [0.717, 1.165) is 18.4 Å². The largest absolute Gasteiger partial charge is 0.459 e. The zero-order valence-electron chi connectivity index (χ0n) is 11.4. The lowest BCUT2D eigenvalue weighted by Crippen LogP contribution is -2.62. The quantitative estimate of drug-likeness (QED) is 0.358. The van der Waals surface area contributed by atoms with Gasteiger partial charge in [0.1, 0.15) is 12.6 Å². The molecular formula is C16H19NO3. The predicted octanol–water partition coefficient (Wildman–Crippen LogP) is 2.20. The van der Waals surface area contributed by atoms with Gasteiger partial charge >= 0.3 is 5.97 Å². The summed E-state index contributed by atoms with van der Waals surface area (Å²) >= 11 is 0. The smallest absolute Gasteiger partial charge is 0.329 e. The maximum absolute atomic E-state index is 11.9. The van der Waals surface area contributed by atoms with Gasteiger partial charge in [-0.2, -0.15) is 0 Å². The van der Waals surface area contributed by atoms with Crippen LogP contribution in [0, 0.1) is 5.92 Å². The molecule has 4 heteroatoms. The Balaban J connectivity index is 1.80. The first-order valence-electron chi connectivity index (χ1n) is 6.84. The molecule has 1 aliphatic heterocycles. The number of β-lactam (4-membered cyclic amide) rings is 1. The Labute approximate surface area is 118 Å². The number of ether oxygens (including phenoxy) is 1. The number of allylic oxidation sites excluding steroid dienone is 1. The van der Waals surface area contributed by atoms with E-state index in [4.69, 9.17) is 4.74 Å². The topological polar surface area (TPSA) is 55.4 Å². The van der Waals surface area contributed by atoms with Crippen LogP contribution in [-0.4, -0.2) is 17.9 Å². The van der Waals surface area contributed by atoms with Crippen molar-refractivity contribution in [3.05, 3.63) is 48.6 Å². The van der Waals surface area contributed by atoms with Gasteiger partial charge in [-0.25, -0.2) is 4.79 Å². The van der Waals surface area contributed by atoms with E-state index in [2.05, 4.69) is 11.9 Å². The van der Waals surface area contributed by atoms with Gasteiger partial charge in [-0.05, 0) is 24.8 Å². The molecular weight excluding hydrogens is 254 g/mol. The molecule has 2 unspecified atom stereocenters. The number of hydrogen-bond donors (Lipinski definition) is 1. The van der Waals surface area contributed by atoms with Crippen molar-refractivity contribution in [1.82, 2.24) is 5.32 Å². The molecule has 1 heterocycles. The lowest BCUT2D eigenvalue weighted by atomic mass is 9.86. The molecule has 1 aliphatic rings. The predicted molar refractivity (Wildman–Crippen MR) is 75.7 cm³/mol. The van der Waals surface area contributed by atoms with Crippen LogP contribution in [-0.2, 0) is 20.9 Å². The van der Waals surface area contributed by atoms with Gasteiger partial charge < -0.3 is 10.1 Å². The van der Waals surface area contributed by atoms with Crippen molar-refractivity contribution < 1.29 is 14.3 Å². The Morgan fingerprint density at radius 2 is 2.10 bits per heavy atom. The van der Waals surface area contributed by atoms with E-state index in [1.165, 1.54) is 0 Å². The number of unbranched alkanes of at least 4 members (excludes halogenated alkanes) is 1. The molecule has 1 aromatic rings. The number of nitrogens with one attached hydrogen (secondary N) is 1. The summed E-state index contributed by atoms with van der Waals surface area (Å²) in [5.41, 5.74) is 0.940. The first-order chi connectivity index (χ1) is 9.72. The van der Waals surface area contributed by atoms with E-state index >= 15 is 0 Å². The van der Waals surface area contributed by atoms with Crippen molar-refractivity contribution in [2.24, 2.45) is 5.92 Å². The zero-order valence-corrected chi connectivity index (χ0v) is 11.4. The van der Waals surface area contributed by atoms with E-state index in [0.29, 0.717) is 6.42 Å². The Morgan fingerprint density at radius 1 is 1.35 bits per heavy atom. The van der Waals surface area contributed by atoms with Crippen LogP contribution < -0.4 is 5.32 Å². The highest BCUT2D eigenvalue weighted by molar-refractivity contribution is 5.97. The van der Waals surface area contributed by atoms with Crippen molar-refractivity contribution in [3.63, 3.8) is 0 Å². The summed E-state index contributed by atoms with van der Waals surface area (Å²) in [7, 11) is 0. The Hall–Kier alpha value is -2.10. The van der Waals surface area contributed by atoms with Gasteiger partial charge in [0, 0.05) is 0 Å². The van der Waals surface area contributed by atoms with Crippen molar-refractivity contribution in [2.45, 2.75) is 31.9 Å². The monoisotopic (exact) mass is 273 g/mol. The lowest BCUT2D eigenvalue weighted by Gasteiger charge is -2.34. The fourth-order valence-electron chi connectivity index (χ4n) is 2.24. The van der Waals surface area contributed by atoms with Crippen LogP contribution >= 0.6 is 0 Å². The average molecular weight is 273 g/mol. The molecule has 0 aliphatic carbocycles. The number of carbonyl (C=O) groups excluding carboxylic acids is 2. The summed E-state index contributed by atoms with van der Waals surface area (Å²) in [5, 5.41) is 2.62. The SMILES string of the molecule is C=CCCCC1C(=O)NC1C(=O)OCc1ccccc1. The van der Waals surface area contributed by atoms with Gasteiger partial charge in [0.2, 0.25) is 5.91 Å². The van der Waals surface area contributed by atoms with Crippen LogP contribution in [0.4, 0.5) is 0 Å². The summed E-state index contributed by atoms with van der Waals surface area (Å²) in [6, 6.07) is 9.00. The second-order valence-electron chi connectivity index (χ2n) is 4.91. The Morgan fingerprint density at radius 3 is 2.75 bits per heavy atom. The number of esters is 1. The Kier molecular flexibility index (Phi) is 4.93. The highest BCUT2D eigenvalue weighted by atomic mass is 16.5. The first-order valence-corrected chi connectivity index (χ1v) is 6.84. The third kappa shape index (κ3) is 3.47. The number of amides is 1. The van der Waals surface area contributed by atoms with Gasteiger partial charge in [0.15, 0.2) is 0 Å². The highest BCUT2D eigenvalue weighted by Crippen LogP contribution is 2.23. The molecule has 1 saturated heterocycles. The van der Waals surface area contributed by atoms with Crippen LogP contribution in [0.25, 0.3) is 0 Å². The summed E-state index contributed by atoms with van der Waals surface area (Å²) in [6.07, 6.45) is 4.24. The van der Waals surface area contributed by atoms with Gasteiger partial charge in [-0.1, -0.05) is 36.4 Å². The third-order valence-corrected chi connectivity index (χ3v) is 3.44. The minimum atomic E-state index is -0.490. The highest BCUT2D eigenvalue weighted by Gasteiger charge is 2.44. The summed E-state index contributed by atoms with van der Waals surface area (Å²) in [5.74, 6) is -0.661. The summed E-state index contributed by atoms with van der Waals surface area (Å²) in [6.45, 7) is 3.89. The maximum atomic E-state index is 11.9. The molecule has 1 aromatic carbocycles. The lowest BCUT2D eigenvalue weighted by molar-refractivity contribution is -0.159. The average Bonchev–Trinajstić information content (AvgIpc) is 2.47. The molecule has 0 aromatic heterocycles. The number of benzene rings is 1. The number of carbonyl (C=O) groups is 2. The minimum absolute atomic E-state index is 0.0595. The normalized spacial score (nSPS) is 20.7.